The molecule has 10 heteroatoms. The maximum absolute atomic E-state index is 12.5. The molecule has 0 spiro atoms. The minimum Gasteiger partial charge on any atom is -0.497 e. The van der Waals surface area contributed by atoms with Crippen molar-refractivity contribution in [2.75, 3.05) is 50.6 Å². The lowest BCUT2D eigenvalue weighted by Crippen LogP contribution is -2.37. The minimum absolute atomic E-state index is 0.150. The van der Waals surface area contributed by atoms with Crippen molar-refractivity contribution in [3.05, 3.63) is 36.0 Å². The van der Waals surface area contributed by atoms with Crippen LogP contribution in [0.1, 0.15) is 23.7 Å². The van der Waals surface area contributed by atoms with Crippen molar-refractivity contribution >= 4 is 34.5 Å². The summed E-state index contributed by atoms with van der Waals surface area (Å²) in [5.74, 6) is 2.37. The fourth-order valence-electron chi connectivity index (χ4n) is 3.50. The summed E-state index contributed by atoms with van der Waals surface area (Å²) < 4.78 is 12.5. The van der Waals surface area contributed by atoms with Crippen LogP contribution in [0.3, 0.4) is 0 Å². The van der Waals surface area contributed by atoms with E-state index in [1.807, 2.05) is 16.9 Å². The van der Waals surface area contributed by atoms with Crippen molar-refractivity contribution in [1.29, 1.82) is 0 Å². The van der Waals surface area contributed by atoms with Crippen LogP contribution >= 0.6 is 11.8 Å². The maximum Gasteiger partial charge on any atom is 0.251 e. The number of hydrogen-bond donors (Lipinski definition) is 1. The van der Waals surface area contributed by atoms with Gasteiger partial charge in [-0.05, 0) is 24.6 Å². The molecule has 1 amide bonds. The Morgan fingerprint density at radius 1 is 1.28 bits per heavy atom. The van der Waals surface area contributed by atoms with Crippen LogP contribution in [0.15, 0.2) is 35.6 Å². The largest absolute Gasteiger partial charge is 0.497 e. The van der Waals surface area contributed by atoms with Gasteiger partial charge in [-0.2, -0.15) is 5.10 Å². The number of benzene rings is 1. The van der Waals surface area contributed by atoms with Gasteiger partial charge in [0, 0.05) is 31.0 Å². The van der Waals surface area contributed by atoms with Crippen LogP contribution in [0.25, 0.3) is 11.0 Å². The Hall–Kier alpha value is -2.85. The molecule has 9 nitrogen and oxygen atoms in total. The van der Waals surface area contributed by atoms with Crippen molar-refractivity contribution in [3.63, 3.8) is 0 Å². The lowest BCUT2D eigenvalue weighted by Gasteiger charge is -2.28. The Kier molecular flexibility index (Phi) is 7.43. The van der Waals surface area contributed by atoms with Gasteiger partial charge in [-0.15, -0.1) is 0 Å². The van der Waals surface area contributed by atoms with E-state index in [4.69, 9.17) is 19.4 Å². The summed E-state index contributed by atoms with van der Waals surface area (Å²) in [7, 11) is 1.58. The number of carbonyl (C=O) groups excluding carboxylic acids is 1. The number of amides is 1. The number of morpholine rings is 1. The normalized spacial score (nSPS) is 14.0. The summed E-state index contributed by atoms with van der Waals surface area (Å²) in [6.45, 7) is 6.06. The van der Waals surface area contributed by atoms with E-state index < -0.39 is 0 Å². The van der Waals surface area contributed by atoms with Crippen LogP contribution in [0.4, 0.5) is 5.82 Å². The number of carbonyl (C=O) groups is 1. The molecule has 3 heterocycles. The fourth-order valence-corrected chi connectivity index (χ4v) is 4.19. The minimum atomic E-state index is -0.150. The van der Waals surface area contributed by atoms with Gasteiger partial charge in [-0.25, -0.2) is 14.6 Å². The van der Waals surface area contributed by atoms with Crippen molar-refractivity contribution in [1.82, 2.24) is 25.1 Å². The summed E-state index contributed by atoms with van der Waals surface area (Å²) in [4.78, 5) is 24.3. The van der Waals surface area contributed by atoms with E-state index in [1.54, 1.807) is 37.1 Å². The zero-order valence-electron chi connectivity index (χ0n) is 18.4. The van der Waals surface area contributed by atoms with Gasteiger partial charge in [0.05, 0.1) is 38.5 Å². The van der Waals surface area contributed by atoms with Crippen LogP contribution < -0.4 is 15.0 Å². The molecular weight excluding hydrogens is 428 g/mol. The number of nitrogens with one attached hydrogen (secondary N) is 1. The second-order valence-electron chi connectivity index (χ2n) is 7.37. The third-order valence-corrected chi connectivity index (χ3v) is 6.20. The Balaban J connectivity index is 1.51. The number of rotatable bonds is 9. The van der Waals surface area contributed by atoms with Crippen LogP contribution in [-0.2, 0) is 11.3 Å². The molecule has 0 unspecified atom stereocenters. The topological polar surface area (TPSA) is 94.4 Å². The van der Waals surface area contributed by atoms with Crippen LogP contribution in [0, 0.1) is 0 Å². The van der Waals surface area contributed by atoms with Gasteiger partial charge < -0.3 is 19.7 Å². The summed E-state index contributed by atoms with van der Waals surface area (Å²) in [6, 6.07) is 7.10. The van der Waals surface area contributed by atoms with E-state index in [2.05, 4.69) is 22.2 Å². The zero-order chi connectivity index (χ0) is 22.3. The van der Waals surface area contributed by atoms with E-state index in [0.717, 1.165) is 47.3 Å². The zero-order valence-corrected chi connectivity index (χ0v) is 19.2. The summed E-state index contributed by atoms with van der Waals surface area (Å²) in [6.07, 6.45) is 2.87. The molecule has 4 rings (SSSR count). The van der Waals surface area contributed by atoms with Crippen molar-refractivity contribution < 1.29 is 14.3 Å². The Morgan fingerprint density at radius 3 is 2.91 bits per heavy atom. The van der Waals surface area contributed by atoms with Gasteiger partial charge >= 0.3 is 0 Å². The fraction of sp³-hybridized carbons (Fsp3) is 0.455. The number of thioether (sulfide) groups is 1. The predicted molar refractivity (Wildman–Crippen MR) is 125 cm³/mol. The molecule has 32 heavy (non-hydrogen) atoms. The van der Waals surface area contributed by atoms with Gasteiger partial charge in [0.2, 0.25) is 0 Å². The first kappa shape index (κ1) is 22.3. The third kappa shape index (κ3) is 5.13. The van der Waals surface area contributed by atoms with Crippen molar-refractivity contribution in [2.24, 2.45) is 0 Å². The highest BCUT2D eigenvalue weighted by molar-refractivity contribution is 7.99. The molecular formula is C22H28N6O3S. The summed E-state index contributed by atoms with van der Waals surface area (Å²) in [5.41, 5.74) is 1.35. The lowest BCUT2D eigenvalue weighted by atomic mass is 10.2. The van der Waals surface area contributed by atoms with E-state index in [9.17, 15) is 4.79 Å². The molecule has 1 aliphatic rings. The van der Waals surface area contributed by atoms with Gasteiger partial charge in [0.25, 0.3) is 5.91 Å². The average molecular weight is 457 g/mol. The highest BCUT2D eigenvalue weighted by Gasteiger charge is 2.20. The molecule has 1 N–H and O–H groups in total. The molecule has 1 fully saturated rings. The monoisotopic (exact) mass is 456 g/mol. The highest BCUT2D eigenvalue weighted by Crippen LogP contribution is 2.28. The molecule has 1 saturated heterocycles. The van der Waals surface area contributed by atoms with E-state index in [1.165, 1.54) is 0 Å². The quantitative estimate of drug-likeness (QED) is 0.388. The molecule has 0 aliphatic carbocycles. The molecule has 0 atom stereocenters. The molecule has 0 saturated carbocycles. The second kappa shape index (κ2) is 10.6. The number of anilines is 1. The molecule has 2 aromatic heterocycles. The molecule has 3 aromatic rings. The molecule has 0 bridgehead atoms. The number of ether oxygens (including phenoxy) is 2. The molecule has 0 radical (unpaired) electrons. The first-order chi connectivity index (χ1) is 15.7. The highest BCUT2D eigenvalue weighted by atomic mass is 32.2. The second-order valence-corrected chi connectivity index (χ2v) is 8.43. The van der Waals surface area contributed by atoms with Crippen molar-refractivity contribution in [3.8, 4) is 5.75 Å². The van der Waals surface area contributed by atoms with Gasteiger partial charge in [-0.1, -0.05) is 24.8 Å². The number of hydrogen-bond acceptors (Lipinski definition) is 8. The van der Waals surface area contributed by atoms with Gasteiger partial charge in [0.15, 0.2) is 10.8 Å². The van der Waals surface area contributed by atoms with Crippen LogP contribution in [0.2, 0.25) is 0 Å². The smallest absolute Gasteiger partial charge is 0.251 e. The molecule has 170 valence electrons. The average Bonchev–Trinajstić information content (AvgIpc) is 3.25. The standard InChI is InChI=1S/C22H28N6O3S/c1-3-13-32-22-25-19(27-9-11-31-12-10-27)18-15-24-28(20(18)26-22)8-7-23-21(29)16-5-4-6-17(14-16)30-2/h4-6,14-15H,3,7-13H2,1-2H3,(H,23,29). The Morgan fingerprint density at radius 2 is 2.12 bits per heavy atom. The van der Waals surface area contributed by atoms with Crippen molar-refractivity contribution in [2.45, 2.75) is 25.0 Å². The number of methoxy groups -OCH3 is 1. The number of aromatic nitrogens is 4. The lowest BCUT2D eigenvalue weighted by molar-refractivity contribution is 0.0951. The number of nitrogens with zero attached hydrogens (tertiary/aromatic N) is 5. The van der Waals surface area contributed by atoms with Crippen LogP contribution in [-0.4, -0.2) is 71.4 Å². The third-order valence-electron chi connectivity index (χ3n) is 5.14. The predicted octanol–water partition coefficient (Wildman–Crippen LogP) is 2.60. The van der Waals surface area contributed by atoms with E-state index in [-0.39, 0.29) is 5.91 Å². The van der Waals surface area contributed by atoms with E-state index in [0.29, 0.717) is 37.6 Å². The SMILES string of the molecule is CCCSc1nc(N2CCOCC2)c2cnn(CCNC(=O)c3cccc(OC)c3)c2n1. The Bertz CT molecular complexity index is 1070. The van der Waals surface area contributed by atoms with Crippen LogP contribution in [0.5, 0.6) is 5.75 Å². The number of fused-ring (bicyclic) bond motifs is 1. The summed E-state index contributed by atoms with van der Waals surface area (Å²) >= 11 is 1.65. The van der Waals surface area contributed by atoms with Gasteiger partial charge in [-0.3, -0.25) is 4.79 Å². The maximum atomic E-state index is 12.5. The Labute approximate surface area is 191 Å². The van der Waals surface area contributed by atoms with E-state index >= 15 is 0 Å². The first-order valence-electron chi connectivity index (χ1n) is 10.8. The first-order valence-corrected chi connectivity index (χ1v) is 11.8. The molecule has 1 aromatic carbocycles. The molecule has 1 aliphatic heterocycles. The summed E-state index contributed by atoms with van der Waals surface area (Å²) in [5, 5.41) is 9.17. The van der Waals surface area contributed by atoms with Gasteiger partial charge in [0.1, 0.15) is 11.6 Å².